The number of H-pyrrole nitrogens is 1. The van der Waals surface area contributed by atoms with E-state index in [4.69, 9.17) is 0 Å². The first-order valence-corrected chi connectivity index (χ1v) is 7.07. The highest BCUT2D eigenvalue weighted by atomic mass is 16.1. The molecule has 4 rings (SSSR count). The fraction of sp³-hybridized carbons (Fsp3) is 0.0625. The number of tetrazole rings is 1. The molecule has 4 aromatic rings. The summed E-state index contributed by atoms with van der Waals surface area (Å²) in [5.41, 5.74) is 2.93. The van der Waals surface area contributed by atoms with Crippen molar-refractivity contribution in [3.63, 3.8) is 0 Å². The van der Waals surface area contributed by atoms with Crippen molar-refractivity contribution in [3.8, 4) is 22.6 Å². The molecule has 0 bridgehead atoms. The van der Waals surface area contributed by atoms with Gasteiger partial charge in [-0.2, -0.15) is 0 Å². The molecule has 3 heterocycles. The Morgan fingerprint density at radius 3 is 2.61 bits per heavy atom. The van der Waals surface area contributed by atoms with Crippen molar-refractivity contribution >= 4 is 5.65 Å². The Bertz CT molecular complexity index is 1040. The average molecular weight is 304 g/mol. The Morgan fingerprint density at radius 2 is 1.87 bits per heavy atom. The number of hydrogen-bond donors (Lipinski definition) is 1. The van der Waals surface area contributed by atoms with Gasteiger partial charge in [-0.1, -0.05) is 36.4 Å². The van der Waals surface area contributed by atoms with E-state index in [1.54, 1.807) is 4.40 Å². The number of nitrogens with one attached hydrogen (secondary N) is 1. The molecule has 0 unspecified atom stereocenters. The zero-order chi connectivity index (χ0) is 15.8. The van der Waals surface area contributed by atoms with Gasteiger partial charge in [0.25, 0.3) is 5.56 Å². The lowest BCUT2D eigenvalue weighted by Crippen LogP contribution is -2.21. The number of aryl methyl sites for hydroxylation is 1. The molecule has 0 amide bonds. The molecule has 1 N–H and O–H groups in total. The molecule has 0 fully saturated rings. The summed E-state index contributed by atoms with van der Waals surface area (Å²) < 4.78 is 1.56. The molecule has 0 aliphatic rings. The van der Waals surface area contributed by atoms with Gasteiger partial charge in [0.1, 0.15) is 11.2 Å². The van der Waals surface area contributed by atoms with Gasteiger partial charge in [0.15, 0.2) is 5.82 Å². The Labute approximate surface area is 130 Å². The molecule has 112 valence electrons. The molecule has 0 aliphatic heterocycles. The summed E-state index contributed by atoms with van der Waals surface area (Å²) in [7, 11) is 0. The molecule has 7 nitrogen and oxygen atoms in total. The summed E-state index contributed by atoms with van der Waals surface area (Å²) in [6.45, 7) is 1.86. The molecule has 23 heavy (non-hydrogen) atoms. The zero-order valence-corrected chi connectivity index (χ0v) is 12.3. The minimum atomic E-state index is -0.203. The Hall–Kier alpha value is -3.35. The molecule has 0 spiro atoms. The van der Waals surface area contributed by atoms with Gasteiger partial charge in [-0.05, 0) is 29.5 Å². The van der Waals surface area contributed by atoms with Gasteiger partial charge in [0.2, 0.25) is 0 Å². The van der Waals surface area contributed by atoms with E-state index >= 15 is 0 Å². The van der Waals surface area contributed by atoms with Crippen LogP contribution in [0.5, 0.6) is 0 Å². The van der Waals surface area contributed by atoms with E-state index in [0.29, 0.717) is 22.7 Å². The smallest absolute Gasteiger partial charge is 0.268 e. The molecule has 3 aromatic heterocycles. The molecule has 0 atom stereocenters. The number of fused-ring (bicyclic) bond motifs is 1. The molecule has 0 saturated heterocycles. The minimum Gasteiger partial charge on any atom is -0.268 e. The van der Waals surface area contributed by atoms with Crippen LogP contribution in [-0.2, 0) is 0 Å². The number of aromatic amines is 1. The molecular weight excluding hydrogens is 292 g/mol. The number of aromatic nitrogens is 6. The molecule has 0 aliphatic carbocycles. The summed E-state index contributed by atoms with van der Waals surface area (Å²) in [5.74, 6) is 0.305. The standard InChI is InChI=1S/C16H12N6O/c1-10-6-5-9-12-17-14(11-7-3-2-4-8-11)13(16(23)22(10)12)15-18-20-21-19-15/h2-9H,1H3,(H,18,19,20,21). The van der Waals surface area contributed by atoms with Crippen molar-refractivity contribution in [2.45, 2.75) is 6.92 Å². The zero-order valence-electron chi connectivity index (χ0n) is 12.3. The van der Waals surface area contributed by atoms with E-state index in [9.17, 15) is 4.79 Å². The second-order valence-corrected chi connectivity index (χ2v) is 5.12. The predicted octanol–water partition coefficient (Wildman–Crippen LogP) is 1.85. The number of nitrogens with zero attached hydrogens (tertiary/aromatic N) is 5. The molecular formula is C16H12N6O. The van der Waals surface area contributed by atoms with Crippen LogP contribution in [0, 0.1) is 6.92 Å². The summed E-state index contributed by atoms with van der Waals surface area (Å²) in [6.07, 6.45) is 0. The van der Waals surface area contributed by atoms with Gasteiger partial charge in [-0.3, -0.25) is 9.20 Å². The van der Waals surface area contributed by atoms with Gasteiger partial charge in [-0.25, -0.2) is 10.1 Å². The van der Waals surface area contributed by atoms with E-state index in [1.165, 1.54) is 0 Å². The average Bonchev–Trinajstić information content (AvgIpc) is 3.09. The molecule has 0 radical (unpaired) electrons. The van der Waals surface area contributed by atoms with Crippen LogP contribution < -0.4 is 5.56 Å². The fourth-order valence-electron chi connectivity index (χ4n) is 2.62. The third-order valence-electron chi connectivity index (χ3n) is 3.67. The van der Waals surface area contributed by atoms with Gasteiger partial charge in [-0.15, -0.1) is 5.10 Å². The maximum Gasteiger partial charge on any atom is 0.269 e. The number of pyridine rings is 1. The lowest BCUT2D eigenvalue weighted by atomic mass is 10.1. The minimum absolute atomic E-state index is 0.203. The summed E-state index contributed by atoms with van der Waals surface area (Å²) in [4.78, 5) is 17.7. The second kappa shape index (κ2) is 5.13. The van der Waals surface area contributed by atoms with E-state index < -0.39 is 0 Å². The maximum atomic E-state index is 13.0. The van der Waals surface area contributed by atoms with Crippen molar-refractivity contribution in [2.75, 3.05) is 0 Å². The summed E-state index contributed by atoms with van der Waals surface area (Å²) in [5, 5.41) is 13.7. The number of hydrogen-bond acceptors (Lipinski definition) is 5. The molecule has 7 heteroatoms. The van der Waals surface area contributed by atoms with E-state index in [-0.39, 0.29) is 5.56 Å². The third-order valence-corrected chi connectivity index (χ3v) is 3.67. The Morgan fingerprint density at radius 1 is 1.04 bits per heavy atom. The van der Waals surface area contributed by atoms with Crippen LogP contribution in [0.25, 0.3) is 28.3 Å². The summed E-state index contributed by atoms with van der Waals surface area (Å²) >= 11 is 0. The quantitative estimate of drug-likeness (QED) is 0.610. The Balaban J connectivity index is 2.17. The highest BCUT2D eigenvalue weighted by molar-refractivity contribution is 5.78. The number of benzene rings is 1. The van der Waals surface area contributed by atoms with Crippen molar-refractivity contribution < 1.29 is 0 Å². The predicted molar refractivity (Wildman–Crippen MR) is 84.8 cm³/mol. The highest BCUT2D eigenvalue weighted by Crippen LogP contribution is 2.25. The summed E-state index contributed by atoms with van der Waals surface area (Å²) in [6, 6.07) is 15.1. The van der Waals surface area contributed by atoms with Gasteiger partial charge in [0, 0.05) is 11.3 Å². The van der Waals surface area contributed by atoms with Crippen LogP contribution in [0.4, 0.5) is 0 Å². The van der Waals surface area contributed by atoms with Crippen LogP contribution in [0.2, 0.25) is 0 Å². The second-order valence-electron chi connectivity index (χ2n) is 5.12. The normalized spacial score (nSPS) is 11.0. The van der Waals surface area contributed by atoms with E-state index in [2.05, 4.69) is 25.6 Å². The van der Waals surface area contributed by atoms with Gasteiger partial charge in [0.05, 0.1) is 5.69 Å². The van der Waals surface area contributed by atoms with Crippen LogP contribution in [0.3, 0.4) is 0 Å². The van der Waals surface area contributed by atoms with E-state index in [0.717, 1.165) is 11.3 Å². The lowest BCUT2D eigenvalue weighted by molar-refractivity contribution is 0.881. The number of rotatable bonds is 2. The van der Waals surface area contributed by atoms with E-state index in [1.807, 2.05) is 55.5 Å². The third kappa shape index (κ3) is 2.10. The van der Waals surface area contributed by atoms with Crippen LogP contribution >= 0.6 is 0 Å². The maximum absolute atomic E-state index is 13.0. The first-order chi connectivity index (χ1) is 11.3. The topological polar surface area (TPSA) is 88.8 Å². The van der Waals surface area contributed by atoms with Crippen molar-refractivity contribution in [1.29, 1.82) is 0 Å². The van der Waals surface area contributed by atoms with Crippen LogP contribution in [0.1, 0.15) is 5.69 Å². The first-order valence-electron chi connectivity index (χ1n) is 7.07. The highest BCUT2D eigenvalue weighted by Gasteiger charge is 2.19. The van der Waals surface area contributed by atoms with Crippen molar-refractivity contribution in [1.82, 2.24) is 30.0 Å². The van der Waals surface area contributed by atoms with Crippen LogP contribution in [-0.4, -0.2) is 30.0 Å². The van der Waals surface area contributed by atoms with Gasteiger partial charge < -0.3 is 0 Å². The monoisotopic (exact) mass is 304 g/mol. The van der Waals surface area contributed by atoms with Crippen molar-refractivity contribution in [2.24, 2.45) is 0 Å². The Kier molecular flexibility index (Phi) is 2.97. The lowest BCUT2D eigenvalue weighted by Gasteiger charge is -2.10. The molecule has 1 aromatic carbocycles. The SMILES string of the molecule is Cc1cccc2nc(-c3ccccc3)c(-c3nnn[nH]3)c(=O)n12. The largest absolute Gasteiger partial charge is 0.269 e. The first kappa shape index (κ1) is 13.3. The fourth-order valence-corrected chi connectivity index (χ4v) is 2.62. The molecule has 0 saturated carbocycles. The van der Waals surface area contributed by atoms with Crippen LogP contribution in [0.15, 0.2) is 53.3 Å². The van der Waals surface area contributed by atoms with Gasteiger partial charge >= 0.3 is 0 Å². The van der Waals surface area contributed by atoms with Crippen molar-refractivity contribution in [3.05, 3.63) is 64.6 Å².